The fourth-order valence-corrected chi connectivity index (χ4v) is 7.04. The average molecular weight is 697 g/mol. The van der Waals surface area contributed by atoms with Gasteiger partial charge >= 0.3 is 12.4 Å². The molecule has 17 heteroatoms. The van der Waals surface area contributed by atoms with Gasteiger partial charge in [-0.05, 0) is 85.6 Å². The molecule has 1 saturated heterocycles. The molecule has 2 fully saturated rings. The number of rotatable bonds is 8. The number of alkyl halides is 6. The lowest BCUT2D eigenvalue weighted by molar-refractivity contribution is -0.143. The van der Waals surface area contributed by atoms with Gasteiger partial charge < -0.3 is 15.5 Å². The number of nitrogens with zero attached hydrogens (tertiary/aromatic N) is 7. The zero-order chi connectivity index (χ0) is 35.2. The van der Waals surface area contributed by atoms with Crippen LogP contribution in [0, 0.1) is 23.5 Å². The van der Waals surface area contributed by atoms with Crippen molar-refractivity contribution in [2.45, 2.75) is 70.0 Å². The highest BCUT2D eigenvalue weighted by Gasteiger charge is 2.39. The van der Waals surface area contributed by atoms with E-state index in [1.54, 1.807) is 6.07 Å². The summed E-state index contributed by atoms with van der Waals surface area (Å²) in [6.45, 7) is -0.117. The first kappa shape index (κ1) is 34.3. The van der Waals surface area contributed by atoms with Gasteiger partial charge in [0, 0.05) is 48.6 Å². The summed E-state index contributed by atoms with van der Waals surface area (Å²) in [5, 5.41) is 12.2. The van der Waals surface area contributed by atoms with Crippen LogP contribution in [0.4, 0.5) is 46.9 Å². The molecular weight excluding hydrogens is 664 g/mol. The van der Waals surface area contributed by atoms with Crippen molar-refractivity contribution in [2.75, 3.05) is 16.3 Å². The SMILES string of the molecule is Cn1nnc(N(Cc2cc(C(F)(F)F)cc(C(F)(F)F)c2)Cc2cc3cc(F)c(F)cc3nc2N2CCC[C@@H]2[C@H]2CC[C@H](C(N)=O)CC2)n1. The van der Waals surface area contributed by atoms with E-state index in [0.29, 0.717) is 42.9 Å². The van der Waals surface area contributed by atoms with Crippen molar-refractivity contribution >= 4 is 28.6 Å². The van der Waals surface area contributed by atoms with E-state index in [9.17, 15) is 39.9 Å². The number of carbonyl (C=O) groups is 1. The third kappa shape index (κ3) is 7.39. The first-order chi connectivity index (χ1) is 23.1. The highest BCUT2D eigenvalue weighted by Crippen LogP contribution is 2.41. The molecule has 0 spiro atoms. The largest absolute Gasteiger partial charge is 0.416 e. The minimum Gasteiger partial charge on any atom is -0.369 e. The number of hydrogen-bond acceptors (Lipinski definition) is 7. The normalized spacial score (nSPS) is 20.3. The molecule has 0 bridgehead atoms. The van der Waals surface area contributed by atoms with Crippen molar-refractivity contribution in [3.05, 3.63) is 70.3 Å². The molecule has 9 nitrogen and oxygen atoms in total. The van der Waals surface area contributed by atoms with E-state index < -0.39 is 41.7 Å². The van der Waals surface area contributed by atoms with Gasteiger partial charge in [0.1, 0.15) is 5.82 Å². The Balaban J connectivity index is 1.42. The Morgan fingerprint density at radius 1 is 0.898 bits per heavy atom. The van der Waals surface area contributed by atoms with Crippen LogP contribution in [0.2, 0.25) is 0 Å². The molecule has 3 heterocycles. The molecule has 1 aliphatic heterocycles. The maximum Gasteiger partial charge on any atom is 0.416 e. The lowest BCUT2D eigenvalue weighted by atomic mass is 9.77. The van der Waals surface area contributed by atoms with Crippen molar-refractivity contribution in [1.29, 1.82) is 0 Å². The number of nitrogens with two attached hydrogens (primary N) is 1. The van der Waals surface area contributed by atoms with Gasteiger partial charge in [0.05, 0.1) is 23.7 Å². The number of primary amides is 1. The van der Waals surface area contributed by atoms with E-state index >= 15 is 0 Å². The van der Waals surface area contributed by atoms with Crippen molar-refractivity contribution < 1.29 is 39.9 Å². The monoisotopic (exact) mass is 696 g/mol. The van der Waals surface area contributed by atoms with E-state index in [0.717, 1.165) is 42.6 Å². The number of tetrazole rings is 1. The molecule has 1 aliphatic carbocycles. The predicted octanol–water partition coefficient (Wildman–Crippen LogP) is 6.54. The zero-order valence-electron chi connectivity index (χ0n) is 26.2. The van der Waals surface area contributed by atoms with Crippen LogP contribution in [0.15, 0.2) is 36.4 Å². The van der Waals surface area contributed by atoms with Gasteiger partial charge in [0.15, 0.2) is 11.6 Å². The summed E-state index contributed by atoms with van der Waals surface area (Å²) in [6, 6.07) is 4.83. The van der Waals surface area contributed by atoms with E-state index in [1.807, 2.05) is 0 Å². The Morgan fingerprint density at radius 2 is 1.55 bits per heavy atom. The molecule has 0 unspecified atom stereocenters. The van der Waals surface area contributed by atoms with Crippen LogP contribution < -0.4 is 15.5 Å². The number of carbonyl (C=O) groups excluding carboxylic acids is 1. The van der Waals surface area contributed by atoms with Crippen LogP contribution in [-0.4, -0.2) is 43.7 Å². The second-order valence-electron chi connectivity index (χ2n) is 12.7. The topological polar surface area (TPSA) is 106 Å². The van der Waals surface area contributed by atoms with Gasteiger partial charge in [-0.2, -0.15) is 31.1 Å². The Kier molecular flexibility index (Phi) is 9.13. The lowest BCUT2D eigenvalue weighted by Crippen LogP contribution is -2.40. The van der Waals surface area contributed by atoms with E-state index in [1.165, 1.54) is 11.9 Å². The molecule has 6 rings (SSSR count). The number of halogens is 8. The molecule has 2 aromatic carbocycles. The number of fused-ring (bicyclic) bond motifs is 1. The van der Waals surface area contributed by atoms with E-state index in [-0.39, 0.29) is 58.8 Å². The number of aryl methyl sites for hydroxylation is 1. The number of anilines is 2. The van der Waals surface area contributed by atoms with Crippen molar-refractivity contribution in [3.63, 3.8) is 0 Å². The summed E-state index contributed by atoms with van der Waals surface area (Å²) < 4.78 is 111. The average Bonchev–Trinajstić information content (AvgIpc) is 3.70. The fourth-order valence-electron chi connectivity index (χ4n) is 7.04. The molecule has 1 saturated carbocycles. The number of hydrogen-bond donors (Lipinski definition) is 1. The van der Waals surface area contributed by atoms with Crippen LogP contribution in [0.25, 0.3) is 10.9 Å². The van der Waals surface area contributed by atoms with Gasteiger partial charge in [0.25, 0.3) is 5.95 Å². The Morgan fingerprint density at radius 3 is 2.14 bits per heavy atom. The zero-order valence-corrected chi connectivity index (χ0v) is 26.2. The fraction of sp³-hybridized carbons (Fsp3) is 0.469. The maximum absolute atomic E-state index is 14.4. The van der Waals surface area contributed by atoms with Crippen LogP contribution in [0.5, 0.6) is 0 Å². The van der Waals surface area contributed by atoms with Crippen LogP contribution in [-0.2, 0) is 37.3 Å². The summed E-state index contributed by atoms with van der Waals surface area (Å²) in [4.78, 5) is 21.1. The minimum atomic E-state index is -5.05. The molecule has 2 aliphatic rings. The molecule has 2 N–H and O–H groups in total. The van der Waals surface area contributed by atoms with Crippen LogP contribution in [0.1, 0.15) is 60.8 Å². The second kappa shape index (κ2) is 13.0. The van der Waals surface area contributed by atoms with E-state index in [4.69, 9.17) is 10.7 Å². The Hall–Kier alpha value is -4.57. The summed E-state index contributed by atoms with van der Waals surface area (Å²) >= 11 is 0. The number of aromatic nitrogens is 5. The van der Waals surface area contributed by atoms with Gasteiger partial charge in [0.2, 0.25) is 5.91 Å². The standard InChI is InChI=1S/C32H32F8N8O/c1-46-44-30(43-45-46)47(15-17-9-22(31(35,36)37)13-23(10-17)32(38,39)40)16-21-11-20-12-24(33)25(34)14-26(20)42-29(21)48-8-2-3-27(48)18-4-6-19(7-5-18)28(41)49/h9-14,18-19,27H,2-8,15-16H2,1H3,(H2,41,49)/t18-,19-,27-/m1/s1. The summed E-state index contributed by atoms with van der Waals surface area (Å²) in [7, 11) is 1.45. The molecule has 262 valence electrons. The molecule has 4 aromatic rings. The van der Waals surface area contributed by atoms with Gasteiger partial charge in [-0.1, -0.05) is 5.10 Å². The summed E-state index contributed by atoms with van der Waals surface area (Å²) in [5.41, 5.74) is 2.88. The second-order valence-corrected chi connectivity index (χ2v) is 12.7. The number of amides is 1. The highest BCUT2D eigenvalue weighted by atomic mass is 19.4. The first-order valence-electron chi connectivity index (χ1n) is 15.7. The quantitative estimate of drug-likeness (QED) is 0.209. The smallest absolute Gasteiger partial charge is 0.369 e. The van der Waals surface area contributed by atoms with Gasteiger partial charge in [-0.15, -0.1) is 5.10 Å². The number of pyridine rings is 1. The Labute approximate surface area is 275 Å². The molecule has 1 atom stereocenters. The molecular formula is C32H32F8N8O. The third-order valence-electron chi connectivity index (χ3n) is 9.37. The third-order valence-corrected chi connectivity index (χ3v) is 9.37. The predicted molar refractivity (Wildman–Crippen MR) is 162 cm³/mol. The molecule has 0 radical (unpaired) electrons. The summed E-state index contributed by atoms with van der Waals surface area (Å²) in [5.74, 6) is -2.27. The Bertz CT molecular complexity index is 1820. The molecule has 2 aromatic heterocycles. The van der Waals surface area contributed by atoms with Gasteiger partial charge in [-0.25, -0.2) is 13.8 Å². The van der Waals surface area contributed by atoms with Crippen LogP contribution in [0.3, 0.4) is 0 Å². The molecule has 1 amide bonds. The van der Waals surface area contributed by atoms with Gasteiger partial charge in [-0.3, -0.25) is 4.79 Å². The van der Waals surface area contributed by atoms with Crippen molar-refractivity contribution in [1.82, 2.24) is 25.2 Å². The maximum atomic E-state index is 14.4. The first-order valence-corrected chi connectivity index (χ1v) is 15.7. The lowest BCUT2D eigenvalue weighted by Gasteiger charge is -2.37. The van der Waals surface area contributed by atoms with Crippen molar-refractivity contribution in [3.8, 4) is 0 Å². The van der Waals surface area contributed by atoms with Crippen molar-refractivity contribution in [2.24, 2.45) is 24.6 Å². The van der Waals surface area contributed by atoms with E-state index in [2.05, 4.69) is 20.3 Å². The summed E-state index contributed by atoms with van der Waals surface area (Å²) in [6.07, 6.45) is -5.77. The number of benzene rings is 2. The van der Waals surface area contributed by atoms with Crippen LogP contribution >= 0.6 is 0 Å². The highest BCUT2D eigenvalue weighted by molar-refractivity contribution is 5.82. The minimum absolute atomic E-state index is 0.0243. The molecule has 49 heavy (non-hydrogen) atoms.